The van der Waals surface area contributed by atoms with Crippen LogP contribution >= 0.6 is 24.0 Å². The maximum absolute atomic E-state index is 8.49. The lowest BCUT2D eigenvalue weighted by Crippen LogP contribution is -2.34. The second-order valence-electron chi connectivity index (χ2n) is 2.98. The van der Waals surface area contributed by atoms with Crippen molar-refractivity contribution in [3.05, 3.63) is 11.8 Å². The van der Waals surface area contributed by atoms with Crippen LogP contribution in [0.5, 0.6) is 0 Å². The fourth-order valence-corrected chi connectivity index (χ4v) is 1.68. The van der Waals surface area contributed by atoms with Crippen molar-refractivity contribution in [2.24, 2.45) is 5.10 Å². The highest BCUT2D eigenvalue weighted by atomic mass is 32.2. The molecule has 0 aliphatic carbocycles. The summed E-state index contributed by atoms with van der Waals surface area (Å²) in [5, 5.41) is 14.8. The van der Waals surface area contributed by atoms with Crippen LogP contribution < -0.4 is 0 Å². The van der Waals surface area contributed by atoms with Crippen molar-refractivity contribution in [1.29, 1.82) is 5.26 Å². The number of nitrogens with zero attached hydrogens (tertiary/aromatic N) is 3. The molecular weight excluding hydrogens is 202 g/mol. The standard InChI is InChI=1S/C8H10N3S2/c1-6-4-11(3,10-7(6)2)8(12)13-5-9/h4H,1-3H3/q+1. The Morgan fingerprint density at radius 1 is 1.69 bits per heavy atom. The van der Waals surface area contributed by atoms with Gasteiger partial charge in [-0.25, -0.2) is 0 Å². The molecule has 1 aliphatic rings. The summed E-state index contributed by atoms with van der Waals surface area (Å²) in [4.78, 5) is 0. The van der Waals surface area contributed by atoms with E-state index in [1.807, 2.05) is 32.5 Å². The zero-order chi connectivity index (χ0) is 10.1. The van der Waals surface area contributed by atoms with Crippen LogP contribution in [0.15, 0.2) is 16.9 Å². The third-order valence-corrected chi connectivity index (χ3v) is 3.13. The van der Waals surface area contributed by atoms with Gasteiger partial charge in [0.15, 0.2) is 0 Å². The predicted octanol–water partition coefficient (Wildman–Crippen LogP) is 2.23. The van der Waals surface area contributed by atoms with E-state index in [9.17, 15) is 0 Å². The average molecular weight is 212 g/mol. The molecule has 1 unspecified atom stereocenters. The molecule has 0 N–H and O–H groups in total. The van der Waals surface area contributed by atoms with Crippen LogP contribution in [0.4, 0.5) is 0 Å². The Labute approximate surface area is 87.3 Å². The van der Waals surface area contributed by atoms with Gasteiger partial charge in [0.1, 0.15) is 24.4 Å². The van der Waals surface area contributed by atoms with Crippen molar-refractivity contribution in [2.75, 3.05) is 7.05 Å². The maximum atomic E-state index is 8.49. The Morgan fingerprint density at radius 2 is 2.31 bits per heavy atom. The lowest BCUT2D eigenvalue weighted by atomic mass is 10.2. The summed E-state index contributed by atoms with van der Waals surface area (Å²) in [5.74, 6) is 0. The normalized spacial score (nSPS) is 26.3. The van der Waals surface area contributed by atoms with E-state index in [4.69, 9.17) is 17.5 Å². The number of quaternary nitrogens is 1. The Balaban J connectivity index is 2.95. The van der Waals surface area contributed by atoms with Crippen LogP contribution in [0.2, 0.25) is 0 Å². The Kier molecular flexibility index (Phi) is 2.86. The van der Waals surface area contributed by atoms with E-state index in [2.05, 4.69) is 5.10 Å². The first-order valence-electron chi connectivity index (χ1n) is 3.73. The molecule has 0 fully saturated rings. The van der Waals surface area contributed by atoms with Crippen LogP contribution in [0.1, 0.15) is 13.8 Å². The summed E-state index contributed by atoms with van der Waals surface area (Å²) in [7, 11) is 1.87. The lowest BCUT2D eigenvalue weighted by Gasteiger charge is -2.17. The van der Waals surface area contributed by atoms with Gasteiger partial charge in [-0.15, -0.1) is 4.59 Å². The van der Waals surface area contributed by atoms with Crippen LogP contribution in [-0.2, 0) is 0 Å². The van der Waals surface area contributed by atoms with Crippen molar-refractivity contribution in [1.82, 2.24) is 0 Å². The third kappa shape index (κ3) is 1.97. The average Bonchev–Trinajstić information content (AvgIpc) is 2.28. The molecule has 1 heterocycles. The van der Waals surface area contributed by atoms with Crippen molar-refractivity contribution >= 4 is 34.0 Å². The number of nitriles is 1. The Hall–Kier alpha value is -0.700. The number of hydrogen-bond donors (Lipinski definition) is 0. The second-order valence-corrected chi connectivity index (χ2v) is 4.40. The second kappa shape index (κ2) is 3.58. The Morgan fingerprint density at radius 3 is 2.69 bits per heavy atom. The van der Waals surface area contributed by atoms with Crippen molar-refractivity contribution in [2.45, 2.75) is 13.8 Å². The van der Waals surface area contributed by atoms with Crippen LogP contribution in [0, 0.1) is 10.7 Å². The number of allylic oxidation sites excluding steroid dienone is 1. The minimum absolute atomic E-state index is 0.214. The molecule has 0 saturated heterocycles. The minimum atomic E-state index is 0.214. The predicted molar refractivity (Wildman–Crippen MR) is 58.9 cm³/mol. The summed E-state index contributed by atoms with van der Waals surface area (Å²) >= 11 is 6.08. The molecule has 0 bridgehead atoms. The van der Waals surface area contributed by atoms with E-state index in [1.54, 1.807) is 0 Å². The highest BCUT2D eigenvalue weighted by Crippen LogP contribution is 2.24. The van der Waals surface area contributed by atoms with Crippen LogP contribution in [-0.4, -0.2) is 21.7 Å². The molecule has 0 amide bonds. The largest absolute Gasteiger partial charge is 0.279 e. The van der Waals surface area contributed by atoms with Crippen LogP contribution in [0.3, 0.4) is 0 Å². The fraction of sp³-hybridized carbons (Fsp3) is 0.375. The van der Waals surface area contributed by atoms with E-state index < -0.39 is 0 Å². The van der Waals surface area contributed by atoms with E-state index in [0.29, 0.717) is 4.32 Å². The fourth-order valence-electron chi connectivity index (χ4n) is 1.11. The number of rotatable bonds is 0. The van der Waals surface area contributed by atoms with Crippen molar-refractivity contribution < 1.29 is 4.59 Å². The van der Waals surface area contributed by atoms with Gasteiger partial charge >= 0.3 is 0 Å². The van der Waals surface area contributed by atoms with Crippen molar-refractivity contribution in [3.63, 3.8) is 0 Å². The first kappa shape index (κ1) is 10.4. The van der Waals surface area contributed by atoms with Gasteiger partial charge in [0.25, 0.3) is 4.32 Å². The van der Waals surface area contributed by atoms with Gasteiger partial charge in [-0.3, -0.25) is 0 Å². The maximum Gasteiger partial charge on any atom is 0.279 e. The molecule has 5 heteroatoms. The molecule has 13 heavy (non-hydrogen) atoms. The van der Waals surface area contributed by atoms with Gasteiger partial charge in [0.05, 0.1) is 11.8 Å². The van der Waals surface area contributed by atoms with E-state index in [0.717, 1.165) is 23.0 Å². The highest BCUT2D eigenvalue weighted by molar-refractivity contribution is 8.25. The monoisotopic (exact) mass is 212 g/mol. The van der Waals surface area contributed by atoms with Gasteiger partial charge in [-0.05, 0) is 26.1 Å². The van der Waals surface area contributed by atoms with E-state index in [1.165, 1.54) is 0 Å². The summed E-state index contributed by atoms with van der Waals surface area (Å²) in [6, 6.07) is 0. The quantitative estimate of drug-likeness (QED) is 0.351. The molecule has 0 aromatic rings. The number of thiocyanates is 1. The summed E-state index contributed by atoms with van der Waals surface area (Å²) in [5.41, 5.74) is 2.09. The molecule has 0 radical (unpaired) electrons. The smallest absolute Gasteiger partial charge is 0.185 e. The van der Waals surface area contributed by atoms with Gasteiger partial charge < -0.3 is 0 Å². The molecule has 1 aliphatic heterocycles. The van der Waals surface area contributed by atoms with E-state index >= 15 is 0 Å². The summed E-state index contributed by atoms with van der Waals surface area (Å²) in [6.07, 6.45) is 1.95. The van der Waals surface area contributed by atoms with Gasteiger partial charge in [0.2, 0.25) is 0 Å². The first-order chi connectivity index (χ1) is 5.99. The number of thiocarbonyl (C=S) groups is 1. The topological polar surface area (TPSA) is 36.1 Å². The lowest BCUT2D eigenvalue weighted by molar-refractivity contribution is -0.763. The minimum Gasteiger partial charge on any atom is -0.185 e. The van der Waals surface area contributed by atoms with Gasteiger partial charge in [-0.1, -0.05) is 5.10 Å². The SMILES string of the molecule is CC1=C[N+](C)(C(=S)SC#N)N=C1C. The van der Waals surface area contributed by atoms with Gasteiger partial charge in [0, 0.05) is 5.57 Å². The third-order valence-electron chi connectivity index (χ3n) is 1.88. The zero-order valence-corrected chi connectivity index (χ0v) is 9.37. The summed E-state index contributed by atoms with van der Waals surface area (Å²) < 4.78 is 0.768. The van der Waals surface area contributed by atoms with Crippen LogP contribution in [0.25, 0.3) is 0 Å². The van der Waals surface area contributed by atoms with Crippen molar-refractivity contribution in [3.8, 4) is 5.40 Å². The molecule has 3 nitrogen and oxygen atoms in total. The highest BCUT2D eigenvalue weighted by Gasteiger charge is 2.32. The molecule has 0 spiro atoms. The molecule has 0 saturated carbocycles. The Bertz CT molecular complexity index is 331. The number of hydrogen-bond acceptors (Lipinski definition) is 4. The molecule has 1 atom stereocenters. The van der Waals surface area contributed by atoms with Gasteiger partial charge in [-0.2, -0.15) is 5.26 Å². The molecule has 1 rings (SSSR count). The summed E-state index contributed by atoms with van der Waals surface area (Å²) in [6.45, 7) is 3.93. The van der Waals surface area contributed by atoms with E-state index in [-0.39, 0.29) is 4.59 Å². The molecular formula is C8H10N3S2+. The molecule has 68 valence electrons. The first-order valence-corrected chi connectivity index (χ1v) is 4.95. The molecule has 0 aromatic carbocycles. The zero-order valence-electron chi connectivity index (χ0n) is 7.74. The number of thioether (sulfide) groups is 1. The molecule has 0 aromatic heterocycles.